The van der Waals surface area contributed by atoms with Crippen LogP contribution in [0.2, 0.25) is 0 Å². The van der Waals surface area contributed by atoms with Crippen molar-refractivity contribution >= 4 is 5.97 Å². The Hall–Kier alpha value is -0.970. The molecule has 0 aliphatic heterocycles. The van der Waals surface area contributed by atoms with Crippen molar-refractivity contribution in [1.82, 2.24) is 0 Å². The fourth-order valence-corrected chi connectivity index (χ4v) is 0.662. The molecule has 0 aliphatic rings. The van der Waals surface area contributed by atoms with Gasteiger partial charge in [0.2, 0.25) is 0 Å². The van der Waals surface area contributed by atoms with Gasteiger partial charge in [-0.1, -0.05) is 6.92 Å². The first-order valence-corrected chi connectivity index (χ1v) is 4.03. The lowest BCUT2D eigenvalue weighted by Gasteiger charge is -2.21. The second-order valence-electron chi connectivity index (χ2n) is 3.84. The summed E-state index contributed by atoms with van der Waals surface area (Å²) in [6.45, 7) is 7.29. The van der Waals surface area contributed by atoms with Gasteiger partial charge >= 0.3 is 5.97 Å². The van der Waals surface area contributed by atoms with Crippen LogP contribution in [0.4, 0.5) is 0 Å². The van der Waals surface area contributed by atoms with Crippen molar-refractivity contribution in [2.24, 2.45) is 5.92 Å². The Morgan fingerprint density at radius 1 is 1.58 bits per heavy atom. The molecule has 68 valence electrons. The van der Waals surface area contributed by atoms with E-state index in [1.54, 1.807) is 6.92 Å². The molecule has 0 aliphatic carbocycles. The lowest BCUT2D eigenvalue weighted by atomic mass is 10.1. The van der Waals surface area contributed by atoms with Crippen molar-refractivity contribution in [2.45, 2.75) is 39.7 Å². The zero-order chi connectivity index (χ0) is 9.78. The van der Waals surface area contributed by atoms with Gasteiger partial charge in [0.1, 0.15) is 5.60 Å². The van der Waals surface area contributed by atoms with Gasteiger partial charge in [-0.2, -0.15) is 0 Å². The van der Waals surface area contributed by atoms with Crippen LogP contribution in [0.25, 0.3) is 0 Å². The molecule has 0 aromatic rings. The zero-order valence-corrected chi connectivity index (χ0v) is 8.18. The summed E-state index contributed by atoms with van der Waals surface area (Å²) in [5.41, 5.74) is -0.417. The maximum absolute atomic E-state index is 11.2. The molecular weight excluding hydrogens is 152 g/mol. The Kier molecular flexibility index (Phi) is 3.82. The molecule has 0 saturated carbocycles. The molecule has 0 radical (unpaired) electrons. The number of ether oxygens (including phenoxy) is 1. The molecule has 0 bridgehead atoms. The fraction of sp³-hybridized carbons (Fsp3) is 0.700. The average Bonchev–Trinajstić information content (AvgIpc) is 1.84. The second kappa shape index (κ2) is 4.15. The maximum atomic E-state index is 11.2. The molecule has 0 aromatic carbocycles. The van der Waals surface area contributed by atoms with Gasteiger partial charge in [-0.05, 0) is 20.8 Å². The number of terminal acetylenes is 1. The van der Waals surface area contributed by atoms with Crippen molar-refractivity contribution in [2.75, 3.05) is 0 Å². The number of carbonyl (C=O) groups is 1. The van der Waals surface area contributed by atoms with Crippen LogP contribution in [0.1, 0.15) is 34.1 Å². The van der Waals surface area contributed by atoms with Crippen LogP contribution in [-0.2, 0) is 9.53 Å². The van der Waals surface area contributed by atoms with Crippen molar-refractivity contribution < 1.29 is 9.53 Å². The summed E-state index contributed by atoms with van der Waals surface area (Å²) in [6.07, 6.45) is 5.51. The minimum atomic E-state index is -0.417. The third-order valence-electron chi connectivity index (χ3n) is 1.23. The SMILES string of the molecule is C#CC[C@H](C)C(=O)OC(C)(C)C. The fourth-order valence-electron chi connectivity index (χ4n) is 0.662. The van der Waals surface area contributed by atoms with E-state index < -0.39 is 5.60 Å². The monoisotopic (exact) mass is 168 g/mol. The average molecular weight is 168 g/mol. The lowest BCUT2D eigenvalue weighted by molar-refractivity contribution is -0.159. The van der Waals surface area contributed by atoms with Gasteiger partial charge in [-0.15, -0.1) is 12.3 Å². The number of esters is 1. The van der Waals surface area contributed by atoms with Crippen LogP contribution in [0.5, 0.6) is 0 Å². The van der Waals surface area contributed by atoms with Crippen molar-refractivity contribution in [3.8, 4) is 12.3 Å². The third kappa shape index (κ3) is 4.79. The van der Waals surface area contributed by atoms with Crippen molar-refractivity contribution in [1.29, 1.82) is 0 Å². The van der Waals surface area contributed by atoms with Gasteiger partial charge in [-0.25, -0.2) is 0 Å². The summed E-state index contributed by atoms with van der Waals surface area (Å²) < 4.78 is 5.12. The van der Waals surface area contributed by atoms with E-state index in [0.717, 1.165) is 0 Å². The predicted molar refractivity (Wildman–Crippen MR) is 48.5 cm³/mol. The molecule has 0 N–H and O–H groups in total. The highest BCUT2D eigenvalue weighted by Gasteiger charge is 2.20. The second-order valence-corrected chi connectivity index (χ2v) is 3.84. The smallest absolute Gasteiger partial charge is 0.310 e. The first-order chi connectivity index (χ1) is 5.37. The first kappa shape index (κ1) is 11.0. The molecule has 0 saturated heterocycles. The molecule has 0 aromatic heterocycles. The molecule has 0 rings (SSSR count). The van der Waals surface area contributed by atoms with Crippen LogP contribution in [0.3, 0.4) is 0 Å². The van der Waals surface area contributed by atoms with Gasteiger partial charge in [-0.3, -0.25) is 4.79 Å². The molecule has 1 atom stereocenters. The van der Waals surface area contributed by atoms with Gasteiger partial charge in [0.25, 0.3) is 0 Å². The number of carbonyl (C=O) groups excluding carboxylic acids is 1. The topological polar surface area (TPSA) is 26.3 Å². The summed E-state index contributed by atoms with van der Waals surface area (Å²) >= 11 is 0. The van der Waals surface area contributed by atoms with Gasteiger partial charge < -0.3 is 4.74 Å². The summed E-state index contributed by atoms with van der Waals surface area (Å²) in [6, 6.07) is 0. The molecule has 2 nitrogen and oxygen atoms in total. The molecule has 0 heterocycles. The minimum absolute atomic E-state index is 0.200. The van der Waals surface area contributed by atoms with E-state index in [1.807, 2.05) is 20.8 Å². The van der Waals surface area contributed by atoms with Gasteiger partial charge in [0.15, 0.2) is 0 Å². The summed E-state index contributed by atoms with van der Waals surface area (Å²) in [5, 5.41) is 0. The minimum Gasteiger partial charge on any atom is -0.460 e. The molecule has 0 spiro atoms. The van der Waals surface area contributed by atoms with E-state index >= 15 is 0 Å². The molecule has 2 heteroatoms. The highest BCUT2D eigenvalue weighted by Crippen LogP contribution is 2.12. The van der Waals surface area contributed by atoms with Crippen molar-refractivity contribution in [3.63, 3.8) is 0 Å². The molecule has 12 heavy (non-hydrogen) atoms. The molecule has 0 unspecified atom stereocenters. The third-order valence-corrected chi connectivity index (χ3v) is 1.23. The first-order valence-electron chi connectivity index (χ1n) is 4.03. The molecule has 0 fully saturated rings. The number of rotatable bonds is 2. The Balaban J connectivity index is 3.98. The van der Waals surface area contributed by atoms with Crippen LogP contribution in [0, 0.1) is 18.3 Å². The zero-order valence-electron chi connectivity index (χ0n) is 8.18. The molecular formula is C10H16O2. The van der Waals surface area contributed by atoms with Crippen LogP contribution in [0.15, 0.2) is 0 Å². The van der Waals surface area contributed by atoms with E-state index in [1.165, 1.54) is 0 Å². The lowest BCUT2D eigenvalue weighted by Crippen LogP contribution is -2.27. The largest absolute Gasteiger partial charge is 0.460 e. The maximum Gasteiger partial charge on any atom is 0.310 e. The Morgan fingerprint density at radius 3 is 2.42 bits per heavy atom. The summed E-state index contributed by atoms with van der Waals surface area (Å²) in [5.74, 6) is 2.01. The predicted octanol–water partition coefficient (Wildman–Crippen LogP) is 1.99. The quantitative estimate of drug-likeness (QED) is 0.465. The van der Waals surface area contributed by atoms with E-state index in [2.05, 4.69) is 5.92 Å². The summed E-state index contributed by atoms with van der Waals surface area (Å²) in [4.78, 5) is 11.2. The van der Waals surface area contributed by atoms with E-state index in [-0.39, 0.29) is 11.9 Å². The normalized spacial score (nSPS) is 13.2. The van der Waals surface area contributed by atoms with Crippen LogP contribution >= 0.6 is 0 Å². The highest BCUT2D eigenvalue weighted by atomic mass is 16.6. The van der Waals surface area contributed by atoms with Crippen LogP contribution in [-0.4, -0.2) is 11.6 Å². The number of hydrogen-bond donors (Lipinski definition) is 0. The standard InChI is InChI=1S/C10H16O2/c1-6-7-8(2)9(11)12-10(3,4)5/h1,8H,7H2,2-5H3/t8-/m0/s1. The van der Waals surface area contributed by atoms with E-state index in [4.69, 9.17) is 11.2 Å². The molecule has 0 amide bonds. The van der Waals surface area contributed by atoms with E-state index in [9.17, 15) is 4.79 Å². The van der Waals surface area contributed by atoms with E-state index in [0.29, 0.717) is 6.42 Å². The summed E-state index contributed by atoms with van der Waals surface area (Å²) in [7, 11) is 0. The Labute approximate surface area is 74.3 Å². The number of hydrogen-bond acceptors (Lipinski definition) is 2. The van der Waals surface area contributed by atoms with Gasteiger partial charge in [0, 0.05) is 6.42 Å². The van der Waals surface area contributed by atoms with Gasteiger partial charge in [0.05, 0.1) is 5.92 Å². The van der Waals surface area contributed by atoms with Crippen molar-refractivity contribution in [3.05, 3.63) is 0 Å². The highest BCUT2D eigenvalue weighted by molar-refractivity contribution is 5.72. The van der Waals surface area contributed by atoms with Crippen LogP contribution < -0.4 is 0 Å². The Bertz CT molecular complexity index is 193. The Morgan fingerprint density at radius 2 is 2.08 bits per heavy atom.